The summed E-state index contributed by atoms with van der Waals surface area (Å²) in [6.45, 7) is 3.77. The molecule has 14 heavy (non-hydrogen) atoms. The number of rotatable bonds is 5. The molecule has 1 aliphatic rings. The molecule has 0 amide bonds. The number of nitrogens with zero attached hydrogens (tertiary/aromatic N) is 2. The molecule has 0 bridgehead atoms. The van der Waals surface area contributed by atoms with Crippen LogP contribution in [-0.2, 0) is 0 Å². The lowest BCUT2D eigenvalue weighted by atomic mass is 10.2. The van der Waals surface area contributed by atoms with Gasteiger partial charge in [0, 0.05) is 12.6 Å². The average Bonchev–Trinajstić information content (AvgIpc) is 2.69. The Morgan fingerprint density at radius 3 is 2.64 bits per heavy atom. The fourth-order valence-electron chi connectivity index (χ4n) is 2.18. The van der Waals surface area contributed by atoms with E-state index in [0.29, 0.717) is 6.04 Å². The third-order valence-electron chi connectivity index (χ3n) is 3.02. The largest absolute Gasteiger partial charge is 0.301 e. The zero-order valence-corrected chi connectivity index (χ0v) is 9.29. The summed E-state index contributed by atoms with van der Waals surface area (Å²) < 4.78 is 0. The third kappa shape index (κ3) is 3.28. The van der Waals surface area contributed by atoms with Crippen LogP contribution in [0.25, 0.3) is 0 Å². The second kappa shape index (κ2) is 6.00. The Morgan fingerprint density at radius 1 is 1.50 bits per heavy atom. The van der Waals surface area contributed by atoms with Crippen molar-refractivity contribution in [2.24, 2.45) is 0 Å². The van der Waals surface area contributed by atoms with E-state index in [1.807, 2.05) is 6.92 Å². The molecule has 0 spiro atoms. The van der Waals surface area contributed by atoms with E-state index < -0.39 is 0 Å². The lowest BCUT2D eigenvalue weighted by molar-refractivity contribution is 0.233. The number of nitriles is 1. The van der Waals surface area contributed by atoms with Gasteiger partial charge in [-0.15, -0.1) is 0 Å². The predicted octanol–water partition coefficient (Wildman–Crippen LogP) is 1.36. The molecule has 3 heteroatoms. The predicted molar refractivity (Wildman–Crippen MR) is 58.0 cm³/mol. The van der Waals surface area contributed by atoms with Crippen molar-refractivity contribution in [2.45, 2.75) is 44.7 Å². The van der Waals surface area contributed by atoms with Crippen LogP contribution in [0.3, 0.4) is 0 Å². The van der Waals surface area contributed by atoms with Crippen LogP contribution in [0.15, 0.2) is 0 Å². The van der Waals surface area contributed by atoms with Crippen molar-refractivity contribution in [3.8, 4) is 6.07 Å². The van der Waals surface area contributed by atoms with Gasteiger partial charge in [0.1, 0.15) is 6.04 Å². The highest BCUT2D eigenvalue weighted by Gasteiger charge is 2.21. The van der Waals surface area contributed by atoms with Gasteiger partial charge in [0.05, 0.1) is 6.07 Å². The molecule has 1 rings (SSSR count). The van der Waals surface area contributed by atoms with Gasteiger partial charge in [-0.05, 0) is 26.4 Å². The van der Waals surface area contributed by atoms with E-state index in [-0.39, 0.29) is 6.04 Å². The number of likely N-dealkylation sites (N-methyl/N-ethyl adjacent to an activating group) is 2. The summed E-state index contributed by atoms with van der Waals surface area (Å²) >= 11 is 0. The molecular formula is C11H21N3. The van der Waals surface area contributed by atoms with Crippen LogP contribution in [0.2, 0.25) is 0 Å². The van der Waals surface area contributed by atoms with Crippen LogP contribution in [0, 0.1) is 11.3 Å². The Morgan fingerprint density at radius 2 is 2.14 bits per heavy atom. The van der Waals surface area contributed by atoms with E-state index in [2.05, 4.69) is 23.3 Å². The van der Waals surface area contributed by atoms with E-state index in [1.54, 1.807) is 0 Å². The first-order valence-corrected chi connectivity index (χ1v) is 5.61. The summed E-state index contributed by atoms with van der Waals surface area (Å²) in [4.78, 5) is 2.34. The molecule has 1 unspecified atom stereocenters. The highest BCUT2D eigenvalue weighted by Crippen LogP contribution is 2.22. The standard InChI is InChI=1S/C11H21N3/c1-3-13-10(8-12)9-14(2)11-6-4-5-7-11/h10-11,13H,3-7,9H2,1-2H3. The van der Waals surface area contributed by atoms with Crippen molar-refractivity contribution in [1.82, 2.24) is 10.2 Å². The lowest BCUT2D eigenvalue weighted by Crippen LogP contribution is -2.42. The fourth-order valence-corrected chi connectivity index (χ4v) is 2.18. The second-order valence-electron chi connectivity index (χ2n) is 4.12. The number of nitrogens with one attached hydrogen (secondary N) is 1. The van der Waals surface area contributed by atoms with Gasteiger partial charge in [0.2, 0.25) is 0 Å². The second-order valence-corrected chi connectivity index (χ2v) is 4.12. The molecule has 0 saturated heterocycles. The van der Waals surface area contributed by atoms with Crippen LogP contribution in [-0.4, -0.2) is 37.1 Å². The Balaban J connectivity index is 2.30. The minimum Gasteiger partial charge on any atom is -0.301 e. The molecule has 0 aromatic rings. The smallest absolute Gasteiger partial charge is 0.108 e. The summed E-state index contributed by atoms with van der Waals surface area (Å²) in [5, 5.41) is 12.1. The van der Waals surface area contributed by atoms with Crippen LogP contribution >= 0.6 is 0 Å². The van der Waals surface area contributed by atoms with Crippen molar-refractivity contribution in [2.75, 3.05) is 20.1 Å². The molecule has 0 aromatic carbocycles. The summed E-state index contributed by atoms with van der Waals surface area (Å²) in [5.74, 6) is 0. The van der Waals surface area contributed by atoms with Gasteiger partial charge in [0.15, 0.2) is 0 Å². The monoisotopic (exact) mass is 195 g/mol. The zero-order valence-electron chi connectivity index (χ0n) is 9.29. The van der Waals surface area contributed by atoms with Gasteiger partial charge in [-0.25, -0.2) is 0 Å². The highest BCUT2D eigenvalue weighted by molar-refractivity contribution is 4.92. The lowest BCUT2D eigenvalue weighted by Gasteiger charge is -2.26. The van der Waals surface area contributed by atoms with Crippen LogP contribution < -0.4 is 5.32 Å². The first-order chi connectivity index (χ1) is 6.77. The van der Waals surface area contributed by atoms with E-state index in [1.165, 1.54) is 25.7 Å². The van der Waals surface area contributed by atoms with Gasteiger partial charge < -0.3 is 10.2 Å². The minimum absolute atomic E-state index is 0.00870. The molecule has 1 fully saturated rings. The van der Waals surface area contributed by atoms with Crippen LogP contribution in [0.1, 0.15) is 32.6 Å². The van der Waals surface area contributed by atoms with Gasteiger partial charge >= 0.3 is 0 Å². The Hall–Kier alpha value is -0.590. The van der Waals surface area contributed by atoms with Crippen molar-refractivity contribution >= 4 is 0 Å². The molecule has 1 atom stereocenters. The Labute approximate surface area is 87.1 Å². The van der Waals surface area contributed by atoms with Gasteiger partial charge in [-0.1, -0.05) is 19.8 Å². The molecule has 1 aliphatic carbocycles. The van der Waals surface area contributed by atoms with Crippen molar-refractivity contribution in [3.05, 3.63) is 0 Å². The quantitative estimate of drug-likeness (QED) is 0.720. The molecule has 0 radical (unpaired) electrons. The maximum Gasteiger partial charge on any atom is 0.108 e. The summed E-state index contributed by atoms with van der Waals surface area (Å²) in [7, 11) is 2.14. The maximum absolute atomic E-state index is 8.91. The molecule has 0 heterocycles. The number of hydrogen-bond acceptors (Lipinski definition) is 3. The summed E-state index contributed by atoms with van der Waals surface area (Å²) in [6.07, 6.45) is 5.32. The maximum atomic E-state index is 8.91. The van der Waals surface area contributed by atoms with E-state index in [4.69, 9.17) is 5.26 Å². The Bertz CT molecular complexity index is 191. The van der Waals surface area contributed by atoms with E-state index in [0.717, 1.165) is 13.1 Å². The van der Waals surface area contributed by atoms with Gasteiger partial charge in [-0.3, -0.25) is 0 Å². The van der Waals surface area contributed by atoms with Crippen molar-refractivity contribution in [1.29, 1.82) is 5.26 Å². The van der Waals surface area contributed by atoms with Gasteiger partial charge in [0.25, 0.3) is 0 Å². The average molecular weight is 195 g/mol. The normalized spacial score (nSPS) is 19.9. The highest BCUT2D eigenvalue weighted by atomic mass is 15.2. The van der Waals surface area contributed by atoms with E-state index >= 15 is 0 Å². The SMILES string of the molecule is CCNC(C#N)CN(C)C1CCCC1. The zero-order chi connectivity index (χ0) is 10.4. The topological polar surface area (TPSA) is 39.1 Å². The van der Waals surface area contributed by atoms with Crippen molar-refractivity contribution in [3.63, 3.8) is 0 Å². The summed E-state index contributed by atoms with van der Waals surface area (Å²) in [6, 6.07) is 3.01. The molecule has 0 aromatic heterocycles. The first kappa shape index (κ1) is 11.5. The molecule has 3 nitrogen and oxygen atoms in total. The minimum atomic E-state index is -0.00870. The van der Waals surface area contributed by atoms with E-state index in [9.17, 15) is 0 Å². The van der Waals surface area contributed by atoms with Crippen molar-refractivity contribution < 1.29 is 0 Å². The van der Waals surface area contributed by atoms with Crippen LogP contribution in [0.4, 0.5) is 0 Å². The fraction of sp³-hybridized carbons (Fsp3) is 0.909. The molecule has 0 aliphatic heterocycles. The van der Waals surface area contributed by atoms with Gasteiger partial charge in [-0.2, -0.15) is 5.26 Å². The van der Waals surface area contributed by atoms with Crippen LogP contribution in [0.5, 0.6) is 0 Å². The summed E-state index contributed by atoms with van der Waals surface area (Å²) in [5.41, 5.74) is 0. The molecular weight excluding hydrogens is 174 g/mol. The Kier molecular flexibility index (Phi) is 4.92. The molecule has 1 saturated carbocycles. The first-order valence-electron chi connectivity index (χ1n) is 5.61. The third-order valence-corrected chi connectivity index (χ3v) is 3.02. The number of hydrogen-bond donors (Lipinski definition) is 1. The molecule has 1 N–H and O–H groups in total. The molecule has 80 valence electrons.